The summed E-state index contributed by atoms with van der Waals surface area (Å²) in [5, 5.41) is 17.2. The minimum Gasteiger partial charge on any atom is -0.383 e. The molecule has 238 valence electrons. The number of fused-ring (bicyclic) bond motifs is 1. The normalized spacial score (nSPS) is 18.1. The predicted molar refractivity (Wildman–Crippen MR) is 170 cm³/mol. The summed E-state index contributed by atoms with van der Waals surface area (Å²) in [6, 6.07) is 4.12. The van der Waals surface area contributed by atoms with Gasteiger partial charge in [-0.15, -0.1) is 0 Å². The van der Waals surface area contributed by atoms with Gasteiger partial charge in [0.2, 0.25) is 0 Å². The molecule has 3 aliphatic heterocycles. The molecule has 3 aliphatic rings. The SMILES string of the molecule is C=O.CN.COCCN(C)C1=NN2C(=NCC2C#CC(/C=C/c2ccc(CN3CCNCC3)c(C(F)(F)F)c2)=C/C=N)C=C1. The van der Waals surface area contributed by atoms with E-state index in [9.17, 15) is 13.2 Å². The van der Waals surface area contributed by atoms with E-state index in [4.69, 9.17) is 14.9 Å². The molecule has 0 radical (unpaired) electrons. The maximum Gasteiger partial charge on any atom is 0.416 e. The van der Waals surface area contributed by atoms with Crippen molar-refractivity contribution in [2.24, 2.45) is 15.8 Å². The van der Waals surface area contributed by atoms with Gasteiger partial charge in [-0.2, -0.15) is 18.3 Å². The highest BCUT2D eigenvalue weighted by Gasteiger charge is 2.34. The molecule has 0 saturated carbocycles. The first-order valence-corrected chi connectivity index (χ1v) is 14.0. The van der Waals surface area contributed by atoms with Gasteiger partial charge in [-0.1, -0.05) is 30.0 Å². The maximum absolute atomic E-state index is 13.9. The van der Waals surface area contributed by atoms with Crippen molar-refractivity contribution < 1.29 is 22.7 Å². The first-order valence-electron chi connectivity index (χ1n) is 14.0. The van der Waals surface area contributed by atoms with Gasteiger partial charge in [0.15, 0.2) is 0 Å². The molecule has 13 heteroatoms. The quantitative estimate of drug-likeness (QED) is 0.234. The highest BCUT2D eigenvalue weighted by atomic mass is 19.4. The van der Waals surface area contributed by atoms with E-state index in [2.05, 4.69) is 33.0 Å². The van der Waals surface area contributed by atoms with Gasteiger partial charge in [-0.25, -0.2) is 5.01 Å². The molecule has 0 aliphatic carbocycles. The zero-order valence-electron chi connectivity index (χ0n) is 25.4. The number of halogens is 3. The number of likely N-dealkylation sites (N-methyl/N-ethyl adjacent to an activating group) is 1. The molecule has 1 fully saturated rings. The number of nitrogens with one attached hydrogen (secondary N) is 2. The number of hydrogen-bond donors (Lipinski definition) is 3. The van der Waals surface area contributed by atoms with Gasteiger partial charge in [0.1, 0.15) is 24.5 Å². The lowest BCUT2D eigenvalue weighted by Crippen LogP contribution is -2.43. The van der Waals surface area contributed by atoms with Gasteiger partial charge >= 0.3 is 6.18 Å². The van der Waals surface area contributed by atoms with Crippen LogP contribution in [0.1, 0.15) is 16.7 Å². The van der Waals surface area contributed by atoms with Crippen molar-refractivity contribution in [1.29, 1.82) is 5.41 Å². The number of rotatable bonds is 8. The summed E-state index contributed by atoms with van der Waals surface area (Å²) in [6.07, 6.45) is 5.17. The number of allylic oxidation sites excluding steroid dienone is 3. The number of ether oxygens (including phenoxy) is 1. The Morgan fingerprint density at radius 2 is 2.00 bits per heavy atom. The van der Waals surface area contributed by atoms with Crippen molar-refractivity contribution in [3.63, 3.8) is 0 Å². The zero-order chi connectivity index (χ0) is 32.5. The van der Waals surface area contributed by atoms with E-state index in [1.165, 1.54) is 19.2 Å². The molecule has 0 spiro atoms. The molecule has 1 unspecified atom stereocenters. The molecule has 44 heavy (non-hydrogen) atoms. The van der Waals surface area contributed by atoms with Crippen molar-refractivity contribution in [1.82, 2.24) is 20.1 Å². The molecule has 1 aromatic rings. The second-order valence-corrected chi connectivity index (χ2v) is 9.60. The molecule has 0 bridgehead atoms. The minimum absolute atomic E-state index is 0.258. The lowest BCUT2D eigenvalue weighted by Gasteiger charge is -2.28. The Labute approximate surface area is 257 Å². The molecule has 0 amide bonds. The number of alkyl halides is 3. The van der Waals surface area contributed by atoms with Crippen LogP contribution in [-0.4, -0.2) is 113 Å². The Morgan fingerprint density at radius 3 is 2.66 bits per heavy atom. The monoisotopic (exact) mass is 614 g/mol. The molecule has 10 nitrogen and oxygen atoms in total. The molecule has 1 aromatic carbocycles. The predicted octanol–water partition coefficient (Wildman–Crippen LogP) is 2.64. The molecule has 4 N–H and O–H groups in total. The summed E-state index contributed by atoms with van der Waals surface area (Å²) >= 11 is 0. The van der Waals surface area contributed by atoms with Crippen LogP contribution in [0.4, 0.5) is 13.2 Å². The van der Waals surface area contributed by atoms with Crippen LogP contribution in [0.5, 0.6) is 0 Å². The third-order valence-corrected chi connectivity index (χ3v) is 6.71. The lowest BCUT2D eigenvalue weighted by molar-refractivity contribution is -0.138. The molecular formula is C31H41F3N8O2. The molecular weight excluding hydrogens is 573 g/mol. The van der Waals surface area contributed by atoms with Crippen molar-refractivity contribution in [2.75, 3.05) is 67.1 Å². The number of carbonyl (C=O) groups is 1. The number of nitrogens with two attached hydrogens (primary N) is 1. The van der Waals surface area contributed by atoms with Crippen LogP contribution in [0.2, 0.25) is 0 Å². The third kappa shape index (κ3) is 10.6. The van der Waals surface area contributed by atoms with E-state index in [1.54, 1.807) is 36.4 Å². The van der Waals surface area contributed by atoms with E-state index in [1.807, 2.05) is 35.8 Å². The number of carbonyl (C=O) groups excluding carboxylic acids is 1. The largest absolute Gasteiger partial charge is 0.416 e. The fourth-order valence-electron chi connectivity index (χ4n) is 4.48. The Hall–Kier alpha value is -4.09. The van der Waals surface area contributed by atoms with Crippen LogP contribution in [0.15, 0.2) is 58.2 Å². The number of hydrogen-bond acceptors (Lipinski definition) is 10. The second kappa shape index (κ2) is 18.5. The van der Waals surface area contributed by atoms with Gasteiger partial charge in [-0.3, -0.25) is 9.89 Å². The van der Waals surface area contributed by atoms with Crippen molar-refractivity contribution >= 4 is 30.8 Å². The maximum atomic E-state index is 13.9. The first-order chi connectivity index (χ1) is 21.3. The minimum atomic E-state index is -4.46. The molecule has 1 saturated heterocycles. The summed E-state index contributed by atoms with van der Waals surface area (Å²) < 4.78 is 46.9. The van der Waals surface area contributed by atoms with E-state index < -0.39 is 11.7 Å². The Kier molecular flexibility index (Phi) is 15.2. The van der Waals surface area contributed by atoms with E-state index in [0.717, 1.165) is 31.0 Å². The van der Waals surface area contributed by atoms with Crippen LogP contribution in [0.25, 0.3) is 6.08 Å². The van der Waals surface area contributed by atoms with Crippen LogP contribution >= 0.6 is 0 Å². The van der Waals surface area contributed by atoms with Crippen molar-refractivity contribution in [2.45, 2.75) is 18.8 Å². The number of hydrazone groups is 1. The number of amidine groups is 2. The van der Waals surface area contributed by atoms with Crippen LogP contribution in [-0.2, 0) is 22.3 Å². The Bertz CT molecular complexity index is 1300. The summed E-state index contributed by atoms with van der Waals surface area (Å²) in [5.74, 6) is 7.69. The number of aliphatic imine (C=N–C) groups is 1. The second-order valence-electron chi connectivity index (χ2n) is 9.60. The van der Waals surface area contributed by atoms with Gasteiger partial charge in [0.25, 0.3) is 0 Å². The summed E-state index contributed by atoms with van der Waals surface area (Å²) in [6.45, 7) is 6.92. The summed E-state index contributed by atoms with van der Waals surface area (Å²) in [4.78, 5) is 16.5. The fourth-order valence-corrected chi connectivity index (χ4v) is 4.48. The lowest BCUT2D eigenvalue weighted by atomic mass is 10.0. The summed E-state index contributed by atoms with van der Waals surface area (Å²) in [7, 11) is 5.08. The summed E-state index contributed by atoms with van der Waals surface area (Å²) in [5.41, 5.74) is 5.04. The van der Waals surface area contributed by atoms with Crippen LogP contribution in [0, 0.1) is 17.3 Å². The van der Waals surface area contributed by atoms with Crippen LogP contribution in [0.3, 0.4) is 0 Å². The smallest absolute Gasteiger partial charge is 0.383 e. The van der Waals surface area contributed by atoms with Crippen molar-refractivity contribution in [3.05, 3.63) is 64.8 Å². The molecule has 4 rings (SSSR count). The Morgan fingerprint density at radius 1 is 1.27 bits per heavy atom. The zero-order valence-corrected chi connectivity index (χ0v) is 25.4. The number of benzene rings is 1. The molecule has 1 atom stereocenters. The average molecular weight is 615 g/mol. The number of piperazine rings is 1. The molecule has 0 aromatic heterocycles. The van der Waals surface area contributed by atoms with Gasteiger partial charge < -0.3 is 30.9 Å². The molecule has 3 heterocycles. The average Bonchev–Trinajstić information content (AvgIpc) is 3.45. The van der Waals surface area contributed by atoms with Crippen LogP contribution < -0.4 is 11.1 Å². The van der Waals surface area contributed by atoms with E-state index >= 15 is 0 Å². The number of nitrogens with zero attached hydrogens (tertiary/aromatic N) is 5. The van der Waals surface area contributed by atoms with E-state index in [-0.39, 0.29) is 18.2 Å². The van der Waals surface area contributed by atoms with E-state index in [0.29, 0.717) is 43.9 Å². The highest BCUT2D eigenvalue weighted by molar-refractivity contribution is 6.06. The standard InChI is InChI=1S/C29H34F3N7O.CH5N.CH2O/c1-37(17-18-40-2)28-10-9-27-35-20-25(39(27)36-28)8-6-22(11-12-33)3-4-23-5-7-24(26(19-23)29(30,31)32)21-38-15-13-34-14-16-38;2*1-2/h3-5,7,9-12,19,25,33-34H,13-18,20-21H2,1-2H3;2H2,1H3;1H2/b4-3+,22-11+,33-12?;;. The first kappa shape index (κ1) is 36.1. The Balaban J connectivity index is 0.00000162. The van der Waals surface area contributed by atoms with Gasteiger partial charge in [0.05, 0.1) is 18.7 Å². The van der Waals surface area contributed by atoms with Crippen molar-refractivity contribution in [3.8, 4) is 11.8 Å². The topological polar surface area (TPSA) is 123 Å². The van der Waals surface area contributed by atoms with Gasteiger partial charge in [0, 0.05) is 65.2 Å². The highest BCUT2D eigenvalue weighted by Crippen LogP contribution is 2.33. The van der Waals surface area contributed by atoms with Gasteiger partial charge in [-0.05, 0) is 48.5 Å². The fraction of sp³-hybridized carbons (Fsp3) is 0.419. The third-order valence-electron chi connectivity index (χ3n) is 6.71. The number of methoxy groups -OCH3 is 1.